The first-order valence-corrected chi connectivity index (χ1v) is 10.8. The molecule has 0 saturated carbocycles. The van der Waals surface area contributed by atoms with Crippen LogP contribution in [-0.2, 0) is 4.79 Å². The molecule has 180 valence electrons. The maximum absolute atomic E-state index is 13.1. The lowest BCUT2D eigenvalue weighted by atomic mass is 10.2. The second-order valence-electron chi connectivity index (χ2n) is 7.39. The Morgan fingerprint density at radius 3 is 2.33 bits per heavy atom. The lowest BCUT2D eigenvalue weighted by Gasteiger charge is -2.14. The van der Waals surface area contributed by atoms with Gasteiger partial charge < -0.3 is 26.0 Å². The molecule has 0 aliphatic heterocycles. The number of hydrogen-bond donors (Lipinski definition) is 4. The van der Waals surface area contributed by atoms with E-state index in [4.69, 9.17) is 4.74 Å². The summed E-state index contributed by atoms with van der Waals surface area (Å²) < 4.78 is 5.08. The Bertz CT molecular complexity index is 1380. The fraction of sp³-hybridized carbons (Fsp3) is 0.0385. The van der Waals surface area contributed by atoms with E-state index in [1.165, 1.54) is 19.4 Å². The predicted octanol–water partition coefficient (Wildman–Crippen LogP) is 4.74. The van der Waals surface area contributed by atoms with Crippen LogP contribution < -0.4 is 26.0 Å². The molecule has 0 aliphatic rings. The largest absolute Gasteiger partial charge is 0.481 e. The van der Waals surface area contributed by atoms with Crippen LogP contribution >= 0.6 is 0 Å². The number of ether oxygens (including phenoxy) is 1. The number of rotatable bonds is 9. The van der Waals surface area contributed by atoms with Gasteiger partial charge in [-0.15, -0.1) is 0 Å². The van der Waals surface area contributed by atoms with Crippen LogP contribution in [0.1, 0.15) is 10.4 Å². The molecule has 2 heterocycles. The highest BCUT2D eigenvalue weighted by molar-refractivity contribution is 6.07. The summed E-state index contributed by atoms with van der Waals surface area (Å²) in [5.74, 6) is 0.251. The van der Waals surface area contributed by atoms with Crippen molar-refractivity contribution in [1.82, 2.24) is 15.0 Å². The normalized spacial score (nSPS) is 10.1. The summed E-state index contributed by atoms with van der Waals surface area (Å²) in [5, 5.41) is 11.8. The molecule has 0 spiro atoms. The Labute approximate surface area is 207 Å². The molecule has 4 N–H and O–H groups in total. The molecule has 36 heavy (non-hydrogen) atoms. The van der Waals surface area contributed by atoms with Gasteiger partial charge in [-0.1, -0.05) is 30.8 Å². The highest BCUT2D eigenvalue weighted by atomic mass is 16.5. The van der Waals surface area contributed by atoms with Crippen LogP contribution in [0.3, 0.4) is 0 Å². The molecular formula is C26H23N7O3. The molecular weight excluding hydrogens is 458 g/mol. The third kappa shape index (κ3) is 6.20. The van der Waals surface area contributed by atoms with Gasteiger partial charge in [0.15, 0.2) is 0 Å². The molecule has 0 fully saturated rings. The molecule has 2 aromatic heterocycles. The number of carbonyl (C=O) groups excluding carboxylic acids is 2. The van der Waals surface area contributed by atoms with Crippen molar-refractivity contribution in [1.29, 1.82) is 0 Å². The zero-order valence-corrected chi connectivity index (χ0v) is 19.4. The fourth-order valence-electron chi connectivity index (χ4n) is 3.13. The lowest BCUT2D eigenvalue weighted by molar-refractivity contribution is -0.111. The topological polar surface area (TPSA) is 130 Å². The van der Waals surface area contributed by atoms with E-state index in [-0.39, 0.29) is 23.2 Å². The average molecular weight is 482 g/mol. The molecule has 10 nitrogen and oxygen atoms in total. The Balaban J connectivity index is 1.64. The summed E-state index contributed by atoms with van der Waals surface area (Å²) in [6.45, 7) is 3.46. The molecule has 2 amide bonds. The van der Waals surface area contributed by atoms with Gasteiger partial charge in [-0.05, 0) is 42.5 Å². The van der Waals surface area contributed by atoms with Crippen LogP contribution in [0.4, 0.5) is 34.5 Å². The smallest absolute Gasteiger partial charge is 0.261 e. The number of nitrogens with one attached hydrogen (secondary N) is 4. The standard InChI is InChI=1S/C26H23N7O3/c1-3-22(34)29-18-10-7-11-19(14-18)30-24-21(25(35)31-17-8-5-4-6-9-17)16-28-26(33-24)32-20-12-13-23(36-2)27-15-20/h3-16H,1H2,2H3,(H,29,34)(H,31,35)(H2,28,30,32,33). The summed E-state index contributed by atoms with van der Waals surface area (Å²) in [7, 11) is 1.54. The minimum Gasteiger partial charge on any atom is -0.481 e. The first-order valence-electron chi connectivity index (χ1n) is 10.8. The summed E-state index contributed by atoms with van der Waals surface area (Å²) >= 11 is 0. The highest BCUT2D eigenvalue weighted by Crippen LogP contribution is 2.24. The maximum Gasteiger partial charge on any atom is 0.261 e. The maximum atomic E-state index is 13.1. The second-order valence-corrected chi connectivity index (χ2v) is 7.39. The van der Waals surface area contributed by atoms with Gasteiger partial charge in [0.2, 0.25) is 17.7 Å². The molecule has 0 radical (unpaired) electrons. The van der Waals surface area contributed by atoms with Gasteiger partial charge >= 0.3 is 0 Å². The van der Waals surface area contributed by atoms with Crippen LogP contribution in [0.5, 0.6) is 5.88 Å². The first kappa shape index (κ1) is 23.9. The second kappa shape index (κ2) is 11.3. The molecule has 0 atom stereocenters. The lowest BCUT2D eigenvalue weighted by Crippen LogP contribution is -2.16. The van der Waals surface area contributed by atoms with Crippen molar-refractivity contribution in [2.45, 2.75) is 0 Å². The number of pyridine rings is 1. The Morgan fingerprint density at radius 2 is 1.61 bits per heavy atom. The SMILES string of the molecule is C=CC(=O)Nc1cccc(Nc2nc(Nc3ccc(OC)nc3)ncc2C(=O)Nc2ccccc2)c1. The zero-order valence-electron chi connectivity index (χ0n) is 19.4. The third-order valence-corrected chi connectivity index (χ3v) is 4.84. The highest BCUT2D eigenvalue weighted by Gasteiger charge is 2.16. The third-order valence-electron chi connectivity index (χ3n) is 4.84. The van der Waals surface area contributed by atoms with Gasteiger partial charge in [0.25, 0.3) is 5.91 Å². The van der Waals surface area contributed by atoms with E-state index in [0.29, 0.717) is 28.6 Å². The number of anilines is 6. The Morgan fingerprint density at radius 1 is 0.833 bits per heavy atom. The molecule has 0 bridgehead atoms. The van der Waals surface area contributed by atoms with Crippen LogP contribution in [0.25, 0.3) is 0 Å². The summed E-state index contributed by atoms with van der Waals surface area (Å²) in [6, 6.07) is 19.5. The monoisotopic (exact) mass is 481 g/mol. The molecule has 4 aromatic rings. The fourth-order valence-corrected chi connectivity index (χ4v) is 3.13. The van der Waals surface area contributed by atoms with Crippen LogP contribution in [-0.4, -0.2) is 33.9 Å². The van der Waals surface area contributed by atoms with Gasteiger partial charge in [-0.3, -0.25) is 9.59 Å². The number of aromatic nitrogens is 3. The molecule has 2 aromatic carbocycles. The van der Waals surface area contributed by atoms with E-state index >= 15 is 0 Å². The van der Waals surface area contributed by atoms with Gasteiger partial charge in [0, 0.05) is 29.3 Å². The number of methoxy groups -OCH3 is 1. The van der Waals surface area contributed by atoms with Crippen molar-refractivity contribution in [2.24, 2.45) is 0 Å². The predicted molar refractivity (Wildman–Crippen MR) is 139 cm³/mol. The molecule has 4 rings (SSSR count). The minimum atomic E-state index is -0.391. The number of amides is 2. The molecule has 0 unspecified atom stereocenters. The number of benzene rings is 2. The Kier molecular flexibility index (Phi) is 7.47. The first-order chi connectivity index (χ1) is 17.5. The van der Waals surface area contributed by atoms with E-state index < -0.39 is 5.91 Å². The van der Waals surface area contributed by atoms with E-state index in [0.717, 1.165) is 0 Å². The number of nitrogens with zero attached hydrogens (tertiary/aromatic N) is 3. The van der Waals surface area contributed by atoms with Crippen molar-refractivity contribution in [3.05, 3.63) is 97.3 Å². The summed E-state index contributed by atoms with van der Waals surface area (Å²) in [5.41, 5.74) is 2.64. The van der Waals surface area contributed by atoms with Crippen molar-refractivity contribution in [3.8, 4) is 5.88 Å². The van der Waals surface area contributed by atoms with Crippen LogP contribution in [0.15, 0.2) is 91.8 Å². The van der Waals surface area contributed by atoms with Crippen molar-refractivity contribution >= 4 is 46.3 Å². The molecule has 10 heteroatoms. The average Bonchev–Trinajstić information content (AvgIpc) is 2.90. The van der Waals surface area contributed by atoms with Crippen LogP contribution in [0, 0.1) is 0 Å². The van der Waals surface area contributed by atoms with Crippen LogP contribution in [0.2, 0.25) is 0 Å². The molecule has 0 saturated heterocycles. The van der Waals surface area contributed by atoms with Gasteiger partial charge in [-0.25, -0.2) is 9.97 Å². The van der Waals surface area contributed by atoms with Crippen molar-refractivity contribution < 1.29 is 14.3 Å². The van der Waals surface area contributed by atoms with Gasteiger partial charge in [0.05, 0.1) is 19.0 Å². The summed E-state index contributed by atoms with van der Waals surface area (Å²) in [6.07, 6.45) is 4.19. The van der Waals surface area contributed by atoms with Crippen molar-refractivity contribution in [2.75, 3.05) is 28.4 Å². The number of carbonyl (C=O) groups is 2. The Hall–Kier alpha value is -5.25. The number of hydrogen-bond acceptors (Lipinski definition) is 8. The molecule has 0 aliphatic carbocycles. The quantitative estimate of drug-likeness (QED) is 0.252. The van der Waals surface area contributed by atoms with Gasteiger partial charge in [-0.2, -0.15) is 4.98 Å². The van der Waals surface area contributed by atoms with E-state index in [2.05, 4.69) is 42.8 Å². The zero-order chi connectivity index (χ0) is 25.3. The minimum absolute atomic E-state index is 0.220. The van der Waals surface area contributed by atoms with E-state index in [9.17, 15) is 9.59 Å². The van der Waals surface area contributed by atoms with E-state index in [1.807, 2.05) is 18.2 Å². The van der Waals surface area contributed by atoms with E-state index in [1.54, 1.807) is 54.7 Å². The van der Waals surface area contributed by atoms with Gasteiger partial charge in [0.1, 0.15) is 11.4 Å². The summed E-state index contributed by atoms with van der Waals surface area (Å²) in [4.78, 5) is 37.7. The number of para-hydroxylation sites is 1. The van der Waals surface area contributed by atoms with Crippen molar-refractivity contribution in [3.63, 3.8) is 0 Å².